The third-order valence-electron chi connectivity index (χ3n) is 1.76. The van der Waals surface area contributed by atoms with E-state index in [2.05, 4.69) is 5.32 Å². The van der Waals surface area contributed by atoms with Crippen LogP contribution in [0.2, 0.25) is 0 Å². The van der Waals surface area contributed by atoms with Crippen molar-refractivity contribution in [2.75, 3.05) is 13.6 Å². The molecule has 0 saturated heterocycles. The molecule has 0 aromatic rings. The van der Waals surface area contributed by atoms with Crippen molar-refractivity contribution in [3.8, 4) is 0 Å². The van der Waals surface area contributed by atoms with Crippen molar-refractivity contribution in [2.24, 2.45) is 11.5 Å². The van der Waals surface area contributed by atoms with Gasteiger partial charge in [0, 0.05) is 19.6 Å². The second-order valence-corrected chi connectivity index (χ2v) is 2.93. The minimum Gasteiger partial charge on any atom is -0.370 e. The van der Waals surface area contributed by atoms with E-state index >= 15 is 0 Å². The summed E-state index contributed by atoms with van der Waals surface area (Å²) >= 11 is 0. The van der Waals surface area contributed by atoms with Crippen molar-refractivity contribution in [1.82, 2.24) is 10.2 Å². The monoisotopic (exact) mass is 186 g/mol. The van der Waals surface area contributed by atoms with Gasteiger partial charge in [-0.05, 0) is 6.42 Å². The SMILES string of the molecule is CCC(CN(C)C(=N)N)NC(=N)N. The summed E-state index contributed by atoms with van der Waals surface area (Å²) in [6.45, 7) is 2.56. The van der Waals surface area contributed by atoms with Crippen molar-refractivity contribution < 1.29 is 0 Å². The Bertz CT molecular complexity index is 189. The number of nitrogens with two attached hydrogens (primary N) is 2. The fourth-order valence-corrected chi connectivity index (χ4v) is 0.926. The maximum absolute atomic E-state index is 7.14. The molecule has 1 unspecified atom stereocenters. The van der Waals surface area contributed by atoms with Gasteiger partial charge in [-0.3, -0.25) is 10.8 Å². The van der Waals surface area contributed by atoms with E-state index in [1.54, 1.807) is 11.9 Å². The van der Waals surface area contributed by atoms with Crippen LogP contribution in [0, 0.1) is 10.8 Å². The zero-order chi connectivity index (χ0) is 10.4. The highest BCUT2D eigenvalue weighted by Crippen LogP contribution is 1.93. The molecule has 0 amide bonds. The van der Waals surface area contributed by atoms with Gasteiger partial charge in [0.25, 0.3) is 0 Å². The average molecular weight is 186 g/mol. The summed E-state index contributed by atoms with van der Waals surface area (Å²) in [4.78, 5) is 1.60. The van der Waals surface area contributed by atoms with Crippen LogP contribution in [0.25, 0.3) is 0 Å². The van der Waals surface area contributed by atoms with Gasteiger partial charge in [-0.15, -0.1) is 0 Å². The molecule has 7 N–H and O–H groups in total. The maximum Gasteiger partial charge on any atom is 0.188 e. The van der Waals surface area contributed by atoms with Gasteiger partial charge in [0.2, 0.25) is 0 Å². The zero-order valence-corrected chi connectivity index (χ0v) is 8.09. The van der Waals surface area contributed by atoms with E-state index in [0.29, 0.717) is 6.54 Å². The van der Waals surface area contributed by atoms with Crippen LogP contribution in [-0.4, -0.2) is 36.5 Å². The summed E-state index contributed by atoms with van der Waals surface area (Å²) in [5.41, 5.74) is 10.5. The van der Waals surface area contributed by atoms with E-state index in [-0.39, 0.29) is 18.0 Å². The quantitative estimate of drug-likeness (QED) is 0.288. The third-order valence-corrected chi connectivity index (χ3v) is 1.76. The van der Waals surface area contributed by atoms with E-state index in [1.165, 1.54) is 0 Å². The van der Waals surface area contributed by atoms with E-state index < -0.39 is 0 Å². The number of nitrogens with one attached hydrogen (secondary N) is 3. The van der Waals surface area contributed by atoms with Gasteiger partial charge in [-0.25, -0.2) is 0 Å². The minimum absolute atomic E-state index is 0.0174. The first-order chi connectivity index (χ1) is 5.97. The lowest BCUT2D eigenvalue weighted by molar-refractivity contribution is 0.412. The second-order valence-electron chi connectivity index (χ2n) is 2.93. The Morgan fingerprint density at radius 3 is 2.31 bits per heavy atom. The van der Waals surface area contributed by atoms with E-state index in [4.69, 9.17) is 22.3 Å². The normalized spacial score (nSPS) is 11.8. The topological polar surface area (TPSA) is 115 Å². The molecular formula is C7H18N6. The fraction of sp³-hybridized carbons (Fsp3) is 0.714. The van der Waals surface area contributed by atoms with Crippen LogP contribution in [0.4, 0.5) is 0 Å². The standard InChI is InChI=1S/C7H18N6/c1-3-5(12-6(8)9)4-13(2)7(10)11/h5H,3-4H2,1-2H3,(H3,10,11)(H4,8,9,12). The van der Waals surface area contributed by atoms with Gasteiger partial charge in [0.15, 0.2) is 11.9 Å². The van der Waals surface area contributed by atoms with Gasteiger partial charge in [-0.2, -0.15) is 0 Å². The van der Waals surface area contributed by atoms with Crippen molar-refractivity contribution in [3.05, 3.63) is 0 Å². The lowest BCUT2D eigenvalue weighted by atomic mass is 10.2. The van der Waals surface area contributed by atoms with Gasteiger partial charge in [0.1, 0.15) is 0 Å². The number of guanidine groups is 2. The van der Waals surface area contributed by atoms with Gasteiger partial charge < -0.3 is 21.7 Å². The highest BCUT2D eigenvalue weighted by molar-refractivity contribution is 5.75. The molecule has 0 heterocycles. The summed E-state index contributed by atoms with van der Waals surface area (Å²) in [5.74, 6) is -0.0346. The first kappa shape index (κ1) is 11.5. The summed E-state index contributed by atoms with van der Waals surface area (Å²) < 4.78 is 0. The molecule has 0 fully saturated rings. The highest BCUT2D eigenvalue weighted by atomic mass is 15.2. The molecule has 0 saturated carbocycles. The molecule has 0 rings (SSSR count). The zero-order valence-electron chi connectivity index (χ0n) is 8.09. The molecule has 76 valence electrons. The van der Waals surface area contributed by atoms with E-state index in [9.17, 15) is 0 Å². The minimum atomic E-state index is -0.0520. The largest absolute Gasteiger partial charge is 0.370 e. The number of hydrogen-bond donors (Lipinski definition) is 5. The molecule has 0 aromatic carbocycles. The molecule has 1 atom stereocenters. The molecule has 0 radical (unpaired) electrons. The Kier molecular flexibility index (Phi) is 4.64. The lowest BCUT2D eigenvalue weighted by Gasteiger charge is -2.24. The van der Waals surface area contributed by atoms with E-state index in [0.717, 1.165) is 6.42 Å². The van der Waals surface area contributed by atoms with Crippen molar-refractivity contribution in [3.63, 3.8) is 0 Å². The molecule has 0 aromatic heterocycles. The summed E-state index contributed by atoms with van der Waals surface area (Å²) in [7, 11) is 1.73. The molecule has 0 aliphatic carbocycles. The molecule has 13 heavy (non-hydrogen) atoms. The van der Waals surface area contributed by atoms with Gasteiger partial charge in [0.05, 0.1) is 0 Å². The predicted octanol–water partition coefficient (Wildman–Crippen LogP) is -0.927. The Morgan fingerprint density at radius 2 is 2.00 bits per heavy atom. The molecule has 6 nitrogen and oxygen atoms in total. The van der Waals surface area contributed by atoms with Gasteiger partial charge in [-0.1, -0.05) is 6.92 Å². The molecule has 0 spiro atoms. The predicted molar refractivity (Wildman–Crippen MR) is 53.7 cm³/mol. The number of likely N-dealkylation sites (N-methyl/N-ethyl adjacent to an activating group) is 1. The van der Waals surface area contributed by atoms with Crippen molar-refractivity contribution in [2.45, 2.75) is 19.4 Å². The Balaban J connectivity index is 3.97. The molecule has 0 aliphatic heterocycles. The van der Waals surface area contributed by atoms with Crippen LogP contribution < -0.4 is 16.8 Å². The summed E-state index contributed by atoms with van der Waals surface area (Å²) in [6.07, 6.45) is 0.831. The van der Waals surface area contributed by atoms with Crippen LogP contribution in [0.1, 0.15) is 13.3 Å². The van der Waals surface area contributed by atoms with Crippen LogP contribution in [0.3, 0.4) is 0 Å². The van der Waals surface area contributed by atoms with Crippen molar-refractivity contribution >= 4 is 11.9 Å². The Morgan fingerprint density at radius 1 is 1.46 bits per heavy atom. The van der Waals surface area contributed by atoms with Crippen LogP contribution in [0.15, 0.2) is 0 Å². The van der Waals surface area contributed by atoms with Gasteiger partial charge >= 0.3 is 0 Å². The maximum atomic E-state index is 7.14. The first-order valence-corrected chi connectivity index (χ1v) is 4.13. The second kappa shape index (κ2) is 5.23. The number of nitrogens with zero attached hydrogens (tertiary/aromatic N) is 1. The molecule has 6 heteroatoms. The molecule has 0 bridgehead atoms. The highest BCUT2D eigenvalue weighted by Gasteiger charge is 2.10. The van der Waals surface area contributed by atoms with Crippen LogP contribution in [0.5, 0.6) is 0 Å². The summed E-state index contributed by atoms with van der Waals surface area (Å²) in [5, 5.41) is 17.0. The first-order valence-electron chi connectivity index (χ1n) is 4.13. The lowest BCUT2D eigenvalue weighted by Crippen LogP contribution is -2.47. The fourth-order valence-electron chi connectivity index (χ4n) is 0.926. The molecular weight excluding hydrogens is 168 g/mol. The average Bonchev–Trinajstić information content (AvgIpc) is 2.02. The van der Waals surface area contributed by atoms with Crippen molar-refractivity contribution in [1.29, 1.82) is 10.8 Å². The Labute approximate surface area is 78.3 Å². The van der Waals surface area contributed by atoms with E-state index in [1.807, 2.05) is 6.92 Å². The third kappa shape index (κ3) is 4.89. The summed E-state index contributed by atoms with van der Waals surface area (Å²) in [6, 6.07) is 0.0615. The number of rotatable bonds is 4. The molecule has 0 aliphatic rings. The number of hydrogen-bond acceptors (Lipinski definition) is 2. The Hall–Kier alpha value is -1.46. The van der Waals surface area contributed by atoms with Crippen LogP contribution in [-0.2, 0) is 0 Å². The smallest absolute Gasteiger partial charge is 0.188 e. The van der Waals surface area contributed by atoms with Crippen LogP contribution >= 0.6 is 0 Å².